The molecule has 4 nitrogen and oxygen atoms in total. The quantitative estimate of drug-likeness (QED) is 0.643. The number of rotatable bonds is 6. The number of nitrogens with zero attached hydrogens (tertiary/aromatic N) is 1. The Balaban J connectivity index is 1.81. The summed E-state index contributed by atoms with van der Waals surface area (Å²) < 4.78 is 24.1. The summed E-state index contributed by atoms with van der Waals surface area (Å²) in [7, 11) is 0. The number of furan rings is 1. The van der Waals surface area contributed by atoms with Gasteiger partial charge >= 0.3 is 0 Å². The highest BCUT2D eigenvalue weighted by Gasteiger charge is 2.24. The minimum absolute atomic E-state index is 0.213. The smallest absolute Gasteiger partial charge is 0.268 e. The van der Waals surface area contributed by atoms with Gasteiger partial charge in [0.25, 0.3) is 5.91 Å². The Morgan fingerprint density at radius 3 is 2.42 bits per heavy atom. The van der Waals surface area contributed by atoms with Crippen molar-refractivity contribution in [1.82, 2.24) is 0 Å². The van der Waals surface area contributed by atoms with Crippen LogP contribution in [0.5, 0.6) is 5.75 Å². The molecule has 26 heavy (non-hydrogen) atoms. The van der Waals surface area contributed by atoms with E-state index in [1.165, 1.54) is 24.3 Å². The molecule has 3 aromatic rings. The molecule has 1 amide bonds. The van der Waals surface area contributed by atoms with E-state index < -0.39 is 6.10 Å². The number of amides is 1. The number of hydrogen-bond acceptors (Lipinski definition) is 3. The molecule has 0 saturated heterocycles. The number of carbonyl (C=O) groups is 1. The molecule has 0 aliphatic heterocycles. The molecule has 1 aromatic heterocycles. The van der Waals surface area contributed by atoms with Gasteiger partial charge < -0.3 is 14.1 Å². The van der Waals surface area contributed by atoms with E-state index in [9.17, 15) is 9.18 Å². The highest BCUT2D eigenvalue weighted by atomic mass is 19.1. The van der Waals surface area contributed by atoms with Gasteiger partial charge in [-0.15, -0.1) is 0 Å². The summed E-state index contributed by atoms with van der Waals surface area (Å²) in [6.45, 7) is 3.96. The number of hydrogen-bond donors (Lipinski definition) is 0. The first-order chi connectivity index (χ1) is 12.5. The van der Waals surface area contributed by atoms with Gasteiger partial charge in [-0.2, -0.15) is 0 Å². The molecule has 2 aromatic carbocycles. The van der Waals surface area contributed by atoms with Gasteiger partial charge in [0.15, 0.2) is 6.10 Å². The van der Waals surface area contributed by atoms with E-state index in [0.717, 1.165) is 11.3 Å². The lowest BCUT2D eigenvalue weighted by Gasteiger charge is -2.25. The van der Waals surface area contributed by atoms with Crippen LogP contribution in [0.4, 0.5) is 10.1 Å². The molecule has 0 N–H and O–H groups in total. The maximum atomic E-state index is 13.0. The first kappa shape index (κ1) is 17.7. The molecular formula is C21H20FNO3. The minimum atomic E-state index is -0.739. The largest absolute Gasteiger partial charge is 0.481 e. The Morgan fingerprint density at radius 1 is 1.12 bits per heavy atom. The summed E-state index contributed by atoms with van der Waals surface area (Å²) in [4.78, 5) is 14.6. The second kappa shape index (κ2) is 7.87. The lowest BCUT2D eigenvalue weighted by molar-refractivity contribution is -0.124. The van der Waals surface area contributed by atoms with Crippen molar-refractivity contribution < 1.29 is 18.3 Å². The normalized spacial score (nSPS) is 11.8. The van der Waals surface area contributed by atoms with Crippen LogP contribution >= 0.6 is 0 Å². The zero-order valence-corrected chi connectivity index (χ0v) is 14.7. The van der Waals surface area contributed by atoms with Crippen LogP contribution in [0.3, 0.4) is 0 Å². The Hall–Kier alpha value is -3.08. The molecule has 1 heterocycles. The topological polar surface area (TPSA) is 42.7 Å². The third kappa shape index (κ3) is 4.30. The van der Waals surface area contributed by atoms with Crippen molar-refractivity contribution in [2.45, 2.75) is 26.5 Å². The molecule has 0 bridgehead atoms. The molecule has 0 fully saturated rings. The van der Waals surface area contributed by atoms with Crippen LogP contribution < -0.4 is 9.64 Å². The van der Waals surface area contributed by atoms with Crippen LogP contribution in [0.25, 0.3) is 0 Å². The fourth-order valence-electron chi connectivity index (χ4n) is 2.57. The second-order valence-corrected chi connectivity index (χ2v) is 6.05. The van der Waals surface area contributed by atoms with Crippen molar-refractivity contribution >= 4 is 11.6 Å². The summed E-state index contributed by atoms with van der Waals surface area (Å²) in [5.41, 5.74) is 1.86. The minimum Gasteiger partial charge on any atom is -0.481 e. The number of carbonyl (C=O) groups excluding carboxylic acids is 1. The van der Waals surface area contributed by atoms with Crippen molar-refractivity contribution in [2.75, 3.05) is 4.90 Å². The lowest BCUT2D eigenvalue weighted by atomic mass is 10.2. The van der Waals surface area contributed by atoms with Crippen LogP contribution in [0.2, 0.25) is 0 Å². The zero-order chi connectivity index (χ0) is 18.5. The van der Waals surface area contributed by atoms with Gasteiger partial charge in [-0.1, -0.05) is 17.7 Å². The standard InChI is InChI=1S/C21H20FNO3/c1-15-5-9-18(10-6-15)23(14-20-4-3-13-25-20)21(24)16(2)26-19-11-7-17(22)8-12-19/h3-13,16H,14H2,1-2H3. The predicted molar refractivity (Wildman–Crippen MR) is 97.6 cm³/mol. The highest BCUT2D eigenvalue weighted by molar-refractivity contribution is 5.96. The SMILES string of the molecule is Cc1ccc(N(Cc2ccco2)C(=O)C(C)Oc2ccc(F)cc2)cc1. The van der Waals surface area contributed by atoms with Crippen molar-refractivity contribution in [3.8, 4) is 5.75 Å². The summed E-state index contributed by atoms with van der Waals surface area (Å²) in [5.74, 6) is 0.548. The first-order valence-corrected chi connectivity index (χ1v) is 8.35. The number of anilines is 1. The van der Waals surface area contributed by atoms with Crippen molar-refractivity contribution in [1.29, 1.82) is 0 Å². The number of ether oxygens (including phenoxy) is 1. The Labute approximate surface area is 151 Å². The Kier molecular flexibility index (Phi) is 5.37. The van der Waals surface area contributed by atoms with Gasteiger partial charge in [0.2, 0.25) is 0 Å². The van der Waals surface area contributed by atoms with Crippen LogP contribution in [-0.2, 0) is 11.3 Å². The highest BCUT2D eigenvalue weighted by Crippen LogP contribution is 2.21. The van der Waals surface area contributed by atoms with Gasteiger partial charge in [0.05, 0.1) is 12.8 Å². The molecular weight excluding hydrogens is 333 g/mol. The maximum absolute atomic E-state index is 13.0. The molecule has 1 atom stereocenters. The van der Waals surface area contributed by atoms with Gasteiger partial charge in [-0.3, -0.25) is 4.79 Å². The van der Waals surface area contributed by atoms with Gasteiger partial charge in [-0.05, 0) is 62.4 Å². The van der Waals surface area contributed by atoms with E-state index >= 15 is 0 Å². The van der Waals surface area contributed by atoms with E-state index in [1.54, 1.807) is 24.2 Å². The molecule has 3 rings (SSSR count). The summed E-state index contributed by atoms with van der Waals surface area (Å²) in [5, 5.41) is 0. The van der Waals surface area contributed by atoms with Crippen LogP contribution in [0.15, 0.2) is 71.3 Å². The molecule has 0 aliphatic carbocycles. The summed E-state index contributed by atoms with van der Waals surface area (Å²) in [6.07, 6.45) is 0.836. The molecule has 0 saturated carbocycles. The van der Waals surface area contributed by atoms with Crippen LogP contribution in [0.1, 0.15) is 18.2 Å². The van der Waals surface area contributed by atoms with Gasteiger partial charge in [-0.25, -0.2) is 4.39 Å². The van der Waals surface area contributed by atoms with Gasteiger partial charge in [0.1, 0.15) is 17.3 Å². The number of aryl methyl sites for hydroxylation is 1. The second-order valence-electron chi connectivity index (χ2n) is 6.05. The van der Waals surface area contributed by atoms with Crippen molar-refractivity contribution in [3.63, 3.8) is 0 Å². The Bertz CT molecular complexity index is 842. The monoisotopic (exact) mass is 353 g/mol. The maximum Gasteiger partial charge on any atom is 0.268 e. The van der Waals surface area contributed by atoms with Crippen LogP contribution in [-0.4, -0.2) is 12.0 Å². The molecule has 5 heteroatoms. The van der Waals surface area contributed by atoms with E-state index in [1.807, 2.05) is 37.3 Å². The third-order valence-electron chi connectivity index (χ3n) is 3.98. The predicted octanol–water partition coefficient (Wildman–Crippen LogP) is 4.73. The third-order valence-corrected chi connectivity index (χ3v) is 3.98. The summed E-state index contributed by atoms with van der Waals surface area (Å²) >= 11 is 0. The fourth-order valence-corrected chi connectivity index (χ4v) is 2.57. The molecule has 0 aliphatic rings. The van der Waals surface area contributed by atoms with Crippen molar-refractivity contribution in [2.24, 2.45) is 0 Å². The average Bonchev–Trinajstić information content (AvgIpc) is 3.15. The Morgan fingerprint density at radius 2 is 1.81 bits per heavy atom. The fraction of sp³-hybridized carbons (Fsp3) is 0.190. The first-order valence-electron chi connectivity index (χ1n) is 8.35. The molecule has 0 radical (unpaired) electrons. The van der Waals surface area contributed by atoms with Crippen LogP contribution in [0, 0.1) is 12.7 Å². The van der Waals surface area contributed by atoms with Gasteiger partial charge in [0, 0.05) is 5.69 Å². The summed E-state index contributed by atoms with van der Waals surface area (Å²) in [6, 6.07) is 16.9. The molecule has 134 valence electrons. The van der Waals surface area contributed by atoms with E-state index in [2.05, 4.69) is 0 Å². The lowest BCUT2D eigenvalue weighted by Crippen LogP contribution is -2.40. The van der Waals surface area contributed by atoms with E-state index in [-0.39, 0.29) is 11.7 Å². The van der Waals surface area contributed by atoms with E-state index in [4.69, 9.17) is 9.15 Å². The number of benzene rings is 2. The molecule has 1 unspecified atom stereocenters. The molecule has 0 spiro atoms. The zero-order valence-electron chi connectivity index (χ0n) is 14.7. The average molecular weight is 353 g/mol. The number of halogens is 1. The van der Waals surface area contributed by atoms with Crippen molar-refractivity contribution in [3.05, 3.63) is 84.1 Å². The van der Waals surface area contributed by atoms with E-state index in [0.29, 0.717) is 18.1 Å².